The SMILES string of the molecule is CC(C)(C)[n+]1ccn(-c2nc(-n3cc[n+](C(C)(C)C)c3)[nH]c(=O)n2)c1. The van der Waals surface area contributed by atoms with Crippen LogP contribution in [0.5, 0.6) is 0 Å². The Bertz CT molecular complexity index is 877. The summed E-state index contributed by atoms with van der Waals surface area (Å²) in [7, 11) is 0. The van der Waals surface area contributed by atoms with E-state index >= 15 is 0 Å². The van der Waals surface area contributed by atoms with Crippen LogP contribution in [0.3, 0.4) is 0 Å². The van der Waals surface area contributed by atoms with Crippen molar-refractivity contribution in [2.45, 2.75) is 52.6 Å². The molecule has 0 fully saturated rings. The van der Waals surface area contributed by atoms with Crippen LogP contribution in [0.15, 0.2) is 42.2 Å². The number of aromatic nitrogens is 7. The van der Waals surface area contributed by atoms with Gasteiger partial charge in [-0.15, -0.1) is 9.97 Å². The van der Waals surface area contributed by atoms with Crippen LogP contribution in [0.4, 0.5) is 0 Å². The van der Waals surface area contributed by atoms with E-state index in [1.165, 1.54) is 0 Å². The summed E-state index contributed by atoms with van der Waals surface area (Å²) in [6, 6.07) is 0. The van der Waals surface area contributed by atoms with E-state index in [1.807, 2.05) is 42.0 Å². The van der Waals surface area contributed by atoms with Crippen molar-refractivity contribution in [3.05, 3.63) is 47.9 Å². The smallest absolute Gasteiger partial charge is 0.255 e. The Hall–Kier alpha value is -2.77. The van der Waals surface area contributed by atoms with Gasteiger partial charge in [0.05, 0.1) is 0 Å². The normalized spacial score (nSPS) is 12.6. The van der Waals surface area contributed by atoms with Crippen LogP contribution in [-0.2, 0) is 11.1 Å². The number of nitrogens with zero attached hydrogens (tertiary/aromatic N) is 6. The zero-order valence-corrected chi connectivity index (χ0v) is 15.6. The maximum Gasteiger partial charge on any atom is 0.354 e. The highest BCUT2D eigenvalue weighted by Gasteiger charge is 2.23. The predicted molar refractivity (Wildman–Crippen MR) is 91.7 cm³/mol. The lowest BCUT2D eigenvalue weighted by molar-refractivity contribution is -0.753. The molecule has 132 valence electrons. The molecule has 1 N–H and O–H groups in total. The standard InChI is InChI=1S/C17H24N7O/c1-16(2,3)23-9-7-21(11-23)13-18-14(20-15(25)19-13)22-8-10-24(12-22)17(4,5)6/h7-12H,1-6H3/q+1/p+1. The topological polar surface area (TPSA) is 76.3 Å². The van der Waals surface area contributed by atoms with Crippen LogP contribution in [0.25, 0.3) is 11.9 Å². The Kier molecular flexibility index (Phi) is 3.85. The number of rotatable bonds is 2. The fourth-order valence-electron chi connectivity index (χ4n) is 2.35. The molecular formula is C17H25N7O+2. The molecule has 3 aromatic rings. The third-order valence-corrected chi connectivity index (χ3v) is 3.92. The van der Waals surface area contributed by atoms with Crippen LogP contribution in [-0.4, -0.2) is 24.1 Å². The van der Waals surface area contributed by atoms with E-state index in [0.29, 0.717) is 11.9 Å². The molecule has 25 heavy (non-hydrogen) atoms. The molecule has 0 atom stereocenters. The quantitative estimate of drug-likeness (QED) is 0.700. The van der Waals surface area contributed by atoms with Crippen molar-refractivity contribution in [3.63, 3.8) is 0 Å². The van der Waals surface area contributed by atoms with Crippen LogP contribution >= 0.6 is 0 Å². The maximum atomic E-state index is 12.0. The summed E-state index contributed by atoms with van der Waals surface area (Å²) in [6.45, 7) is 12.6. The minimum Gasteiger partial charge on any atom is -0.255 e. The first-order valence-electron chi connectivity index (χ1n) is 8.23. The Labute approximate surface area is 146 Å². The average Bonchev–Trinajstić information content (AvgIpc) is 3.15. The van der Waals surface area contributed by atoms with Gasteiger partial charge in [0.25, 0.3) is 12.7 Å². The monoisotopic (exact) mass is 343 g/mol. The first-order valence-corrected chi connectivity index (χ1v) is 8.23. The molecule has 8 heteroatoms. The molecule has 0 aliphatic carbocycles. The number of aromatic amines is 1. The van der Waals surface area contributed by atoms with E-state index in [1.54, 1.807) is 9.13 Å². The Morgan fingerprint density at radius 3 is 1.92 bits per heavy atom. The van der Waals surface area contributed by atoms with Crippen molar-refractivity contribution in [2.75, 3.05) is 0 Å². The summed E-state index contributed by atoms with van der Waals surface area (Å²) >= 11 is 0. The van der Waals surface area contributed by atoms with Gasteiger partial charge in [-0.1, -0.05) is 0 Å². The van der Waals surface area contributed by atoms with E-state index in [0.717, 1.165) is 0 Å². The summed E-state index contributed by atoms with van der Waals surface area (Å²) in [5, 5.41) is 0. The lowest BCUT2D eigenvalue weighted by Gasteiger charge is -2.13. The summed E-state index contributed by atoms with van der Waals surface area (Å²) in [6.07, 6.45) is 11.4. The van der Waals surface area contributed by atoms with Gasteiger partial charge in [0.1, 0.15) is 35.9 Å². The Morgan fingerprint density at radius 1 is 0.880 bits per heavy atom. The molecule has 0 amide bonds. The second-order valence-electron chi connectivity index (χ2n) is 8.08. The largest absolute Gasteiger partial charge is 0.354 e. The van der Waals surface area contributed by atoms with Gasteiger partial charge in [0.2, 0.25) is 0 Å². The van der Waals surface area contributed by atoms with E-state index in [9.17, 15) is 4.79 Å². The van der Waals surface area contributed by atoms with Gasteiger partial charge < -0.3 is 0 Å². The van der Waals surface area contributed by atoms with Crippen molar-refractivity contribution >= 4 is 0 Å². The third kappa shape index (κ3) is 3.52. The maximum absolute atomic E-state index is 12.0. The van der Waals surface area contributed by atoms with E-state index in [4.69, 9.17) is 0 Å². The molecule has 0 aromatic carbocycles. The van der Waals surface area contributed by atoms with Crippen LogP contribution in [0.2, 0.25) is 0 Å². The Balaban J connectivity index is 2.03. The van der Waals surface area contributed by atoms with Gasteiger partial charge in [0, 0.05) is 0 Å². The fourth-order valence-corrected chi connectivity index (χ4v) is 2.35. The van der Waals surface area contributed by atoms with Gasteiger partial charge in [-0.05, 0) is 41.5 Å². The molecule has 3 rings (SSSR count). The zero-order chi connectivity index (χ0) is 18.4. The molecule has 0 saturated heterocycles. The van der Waals surface area contributed by atoms with E-state index < -0.39 is 5.69 Å². The molecule has 3 aromatic heterocycles. The van der Waals surface area contributed by atoms with E-state index in [-0.39, 0.29) is 11.1 Å². The lowest BCUT2D eigenvalue weighted by atomic mass is 10.1. The first kappa shape index (κ1) is 17.1. The zero-order valence-electron chi connectivity index (χ0n) is 15.6. The number of nitrogens with one attached hydrogen (secondary N) is 1. The highest BCUT2D eigenvalue weighted by molar-refractivity contribution is 5.16. The summed E-state index contributed by atoms with van der Waals surface area (Å²) in [5.41, 5.74) is -0.555. The fraction of sp³-hybridized carbons (Fsp3) is 0.471. The Morgan fingerprint density at radius 2 is 1.40 bits per heavy atom. The molecule has 0 bridgehead atoms. The molecule has 0 aliphatic heterocycles. The van der Waals surface area contributed by atoms with Crippen LogP contribution < -0.4 is 14.8 Å². The van der Waals surface area contributed by atoms with Crippen molar-refractivity contribution < 1.29 is 9.13 Å². The minimum absolute atomic E-state index is 0.0555. The number of H-pyrrole nitrogens is 1. The molecular weight excluding hydrogens is 318 g/mol. The summed E-state index contributed by atoms with van der Waals surface area (Å²) in [5.74, 6) is 0.756. The molecule has 8 nitrogen and oxygen atoms in total. The number of hydrogen-bond donors (Lipinski definition) is 1. The molecule has 0 unspecified atom stereocenters. The second kappa shape index (κ2) is 5.65. The summed E-state index contributed by atoms with van der Waals surface area (Å²) in [4.78, 5) is 23.2. The third-order valence-electron chi connectivity index (χ3n) is 3.92. The highest BCUT2D eigenvalue weighted by Crippen LogP contribution is 2.07. The molecule has 0 aliphatic rings. The summed E-state index contributed by atoms with van der Waals surface area (Å²) < 4.78 is 7.61. The molecule has 0 saturated carbocycles. The highest BCUT2D eigenvalue weighted by atomic mass is 16.1. The van der Waals surface area contributed by atoms with E-state index in [2.05, 4.69) is 61.1 Å². The van der Waals surface area contributed by atoms with Crippen molar-refractivity contribution in [1.29, 1.82) is 0 Å². The van der Waals surface area contributed by atoms with Gasteiger partial charge in [0.15, 0.2) is 0 Å². The van der Waals surface area contributed by atoms with Gasteiger partial charge >= 0.3 is 17.6 Å². The minimum atomic E-state index is -0.438. The molecule has 3 heterocycles. The lowest BCUT2D eigenvalue weighted by Crippen LogP contribution is -2.48. The first-order chi connectivity index (χ1) is 11.5. The van der Waals surface area contributed by atoms with Gasteiger partial charge in [-0.3, -0.25) is 4.98 Å². The molecule has 0 radical (unpaired) electrons. The predicted octanol–water partition coefficient (Wildman–Crippen LogP) is 0.831. The average molecular weight is 343 g/mol. The second-order valence-corrected chi connectivity index (χ2v) is 8.08. The van der Waals surface area contributed by atoms with Crippen LogP contribution in [0, 0.1) is 0 Å². The van der Waals surface area contributed by atoms with Gasteiger partial charge in [-0.25, -0.2) is 13.9 Å². The van der Waals surface area contributed by atoms with Crippen molar-refractivity contribution in [1.82, 2.24) is 24.1 Å². The van der Waals surface area contributed by atoms with Crippen LogP contribution in [0.1, 0.15) is 41.5 Å². The number of hydrogen-bond acceptors (Lipinski definition) is 3. The van der Waals surface area contributed by atoms with Gasteiger partial charge in [-0.2, -0.15) is 9.13 Å². The van der Waals surface area contributed by atoms with Crippen molar-refractivity contribution in [2.24, 2.45) is 0 Å². The number of imidazole rings is 2. The van der Waals surface area contributed by atoms with Crippen molar-refractivity contribution in [3.8, 4) is 11.9 Å². The molecule has 0 spiro atoms.